The zero-order valence-electron chi connectivity index (χ0n) is 11.2. The van der Waals surface area contributed by atoms with Crippen molar-refractivity contribution in [3.8, 4) is 0 Å². The van der Waals surface area contributed by atoms with Crippen LogP contribution in [0.25, 0.3) is 0 Å². The summed E-state index contributed by atoms with van der Waals surface area (Å²) in [5.41, 5.74) is 10.2. The first kappa shape index (κ1) is 18.7. The second-order valence-corrected chi connectivity index (χ2v) is 3.97. The molecule has 0 heterocycles. The number of nitrogens with two attached hydrogens (primary N) is 2. The summed E-state index contributed by atoms with van der Waals surface area (Å²) in [5, 5.41) is 4.82. The molecule has 18 heavy (non-hydrogen) atoms. The first-order chi connectivity index (χ1) is 8.36. The normalized spacial score (nSPS) is 10.9. The first-order valence-electron chi connectivity index (χ1n) is 5.87. The van der Waals surface area contributed by atoms with Crippen molar-refractivity contribution >= 4 is 18.2 Å². The molecular weight excluding hydrogens is 236 g/mol. The van der Waals surface area contributed by atoms with Crippen molar-refractivity contribution in [1.29, 1.82) is 0 Å². The molecule has 6 N–H and O–H groups in total. The summed E-state index contributed by atoms with van der Waals surface area (Å²) in [5.74, 6) is -0.172. The Balaban J connectivity index is 0. The van der Waals surface area contributed by atoms with Gasteiger partial charge in [-0.1, -0.05) is 20.8 Å². The Morgan fingerprint density at radius 1 is 1.28 bits per heavy atom. The Morgan fingerprint density at radius 2 is 1.83 bits per heavy atom. The van der Waals surface area contributed by atoms with Gasteiger partial charge < -0.3 is 26.9 Å². The molecule has 0 rings (SSSR count). The summed E-state index contributed by atoms with van der Waals surface area (Å²) in [4.78, 5) is 30.7. The molecule has 1 atom stereocenters. The number of primary amides is 1. The predicted molar refractivity (Wildman–Crippen MR) is 69.8 cm³/mol. The van der Waals surface area contributed by atoms with Gasteiger partial charge in [0.25, 0.3) is 0 Å². The van der Waals surface area contributed by atoms with Crippen molar-refractivity contribution in [2.75, 3.05) is 13.1 Å². The Kier molecular flexibility index (Phi) is 12.3. The van der Waals surface area contributed by atoms with Crippen LogP contribution in [-0.2, 0) is 9.59 Å². The van der Waals surface area contributed by atoms with E-state index < -0.39 is 12.1 Å². The predicted octanol–water partition coefficient (Wildman–Crippen LogP) is -0.650. The van der Waals surface area contributed by atoms with E-state index in [9.17, 15) is 14.4 Å². The number of carbonyl (C=O) groups is 3. The molecule has 0 aromatic rings. The van der Waals surface area contributed by atoms with Gasteiger partial charge in [-0.3, -0.25) is 4.79 Å². The highest BCUT2D eigenvalue weighted by atomic mass is 16.2. The Labute approximate surface area is 108 Å². The summed E-state index contributed by atoms with van der Waals surface area (Å²) in [7, 11) is 0. The Morgan fingerprint density at radius 3 is 2.11 bits per heavy atom. The van der Waals surface area contributed by atoms with E-state index in [1.165, 1.54) is 0 Å². The van der Waals surface area contributed by atoms with Crippen LogP contribution in [-0.4, -0.2) is 37.4 Å². The fourth-order valence-electron chi connectivity index (χ4n) is 0.811. The SMILES string of the molecule is CC(C)C(N)C(=O)NCC=O.CCCNC(N)=O. The molecule has 0 saturated heterocycles. The smallest absolute Gasteiger partial charge is 0.312 e. The topological polar surface area (TPSA) is 127 Å². The largest absolute Gasteiger partial charge is 0.352 e. The average Bonchev–Trinajstić information content (AvgIpc) is 2.32. The first-order valence-corrected chi connectivity index (χ1v) is 5.87. The van der Waals surface area contributed by atoms with Gasteiger partial charge >= 0.3 is 6.03 Å². The third kappa shape index (κ3) is 12.4. The standard InChI is InChI=1S/C7H14N2O2.C4H10N2O/c1-5(2)6(8)7(11)9-3-4-10;1-2-3-6-4(5)7/h4-6H,3,8H2,1-2H3,(H,9,11);2-3H2,1H3,(H3,5,6,7). The molecule has 0 fully saturated rings. The van der Waals surface area contributed by atoms with E-state index >= 15 is 0 Å². The fraction of sp³-hybridized carbons (Fsp3) is 0.727. The van der Waals surface area contributed by atoms with Crippen LogP contribution in [0, 0.1) is 5.92 Å². The van der Waals surface area contributed by atoms with Crippen LogP contribution >= 0.6 is 0 Å². The van der Waals surface area contributed by atoms with Gasteiger partial charge in [-0.15, -0.1) is 0 Å². The molecule has 0 bridgehead atoms. The molecule has 3 amide bonds. The van der Waals surface area contributed by atoms with Crippen LogP contribution < -0.4 is 22.1 Å². The highest BCUT2D eigenvalue weighted by Crippen LogP contribution is 1.96. The van der Waals surface area contributed by atoms with Gasteiger partial charge in [-0.25, -0.2) is 4.79 Å². The number of carbonyl (C=O) groups excluding carboxylic acids is 3. The minimum absolute atomic E-state index is 0.0409. The van der Waals surface area contributed by atoms with Gasteiger partial charge in [0.2, 0.25) is 5.91 Å². The molecular formula is C11H24N4O3. The zero-order valence-corrected chi connectivity index (χ0v) is 11.2. The molecule has 0 aliphatic carbocycles. The second kappa shape index (κ2) is 11.8. The maximum atomic E-state index is 10.9. The van der Waals surface area contributed by atoms with E-state index in [0.717, 1.165) is 6.42 Å². The van der Waals surface area contributed by atoms with Crippen LogP contribution in [0.1, 0.15) is 27.2 Å². The Hall–Kier alpha value is -1.63. The Bertz CT molecular complexity index is 257. The number of rotatable bonds is 6. The van der Waals surface area contributed by atoms with E-state index in [4.69, 9.17) is 11.5 Å². The van der Waals surface area contributed by atoms with Crippen LogP contribution in [0.15, 0.2) is 0 Å². The van der Waals surface area contributed by atoms with Crippen molar-refractivity contribution < 1.29 is 14.4 Å². The van der Waals surface area contributed by atoms with E-state index in [1.54, 1.807) is 0 Å². The number of amides is 3. The monoisotopic (exact) mass is 260 g/mol. The molecule has 0 aromatic carbocycles. The minimum atomic E-state index is -0.519. The summed E-state index contributed by atoms with van der Waals surface area (Å²) >= 11 is 0. The average molecular weight is 260 g/mol. The summed E-state index contributed by atoms with van der Waals surface area (Å²) in [6, 6.07) is -0.961. The van der Waals surface area contributed by atoms with E-state index in [2.05, 4.69) is 10.6 Å². The maximum Gasteiger partial charge on any atom is 0.312 e. The van der Waals surface area contributed by atoms with Gasteiger partial charge in [-0.2, -0.15) is 0 Å². The van der Waals surface area contributed by atoms with Gasteiger partial charge in [0.15, 0.2) is 0 Å². The molecule has 0 aromatic heterocycles. The number of hydrogen-bond acceptors (Lipinski definition) is 4. The summed E-state index contributed by atoms with van der Waals surface area (Å²) in [6.07, 6.45) is 1.56. The molecule has 0 aliphatic heterocycles. The van der Waals surface area contributed by atoms with Crippen molar-refractivity contribution in [3.63, 3.8) is 0 Å². The third-order valence-corrected chi connectivity index (χ3v) is 1.93. The summed E-state index contributed by atoms with van der Waals surface area (Å²) < 4.78 is 0. The van der Waals surface area contributed by atoms with Gasteiger partial charge in [-0.05, 0) is 12.3 Å². The van der Waals surface area contributed by atoms with E-state index in [0.29, 0.717) is 12.8 Å². The van der Waals surface area contributed by atoms with Crippen molar-refractivity contribution in [3.05, 3.63) is 0 Å². The molecule has 0 aliphatic rings. The fourth-order valence-corrected chi connectivity index (χ4v) is 0.811. The van der Waals surface area contributed by atoms with Crippen LogP contribution in [0.2, 0.25) is 0 Å². The minimum Gasteiger partial charge on any atom is -0.352 e. The number of nitrogens with one attached hydrogen (secondary N) is 2. The zero-order chi connectivity index (χ0) is 14.6. The van der Waals surface area contributed by atoms with Crippen molar-refractivity contribution in [2.24, 2.45) is 17.4 Å². The van der Waals surface area contributed by atoms with Crippen LogP contribution in [0.5, 0.6) is 0 Å². The molecule has 0 spiro atoms. The summed E-state index contributed by atoms with van der Waals surface area (Å²) in [6.45, 7) is 6.39. The lowest BCUT2D eigenvalue weighted by Crippen LogP contribution is -2.44. The second-order valence-electron chi connectivity index (χ2n) is 3.97. The van der Waals surface area contributed by atoms with E-state index in [1.807, 2.05) is 20.8 Å². The third-order valence-electron chi connectivity index (χ3n) is 1.93. The molecule has 1 unspecified atom stereocenters. The molecule has 0 saturated carbocycles. The molecule has 7 heteroatoms. The van der Waals surface area contributed by atoms with Crippen LogP contribution in [0.4, 0.5) is 4.79 Å². The highest BCUT2D eigenvalue weighted by molar-refractivity contribution is 5.83. The van der Waals surface area contributed by atoms with E-state index in [-0.39, 0.29) is 18.4 Å². The number of hydrogen-bond donors (Lipinski definition) is 4. The highest BCUT2D eigenvalue weighted by Gasteiger charge is 2.15. The lowest BCUT2D eigenvalue weighted by molar-refractivity contribution is -0.124. The molecule has 0 radical (unpaired) electrons. The molecule has 106 valence electrons. The van der Waals surface area contributed by atoms with Crippen molar-refractivity contribution in [1.82, 2.24) is 10.6 Å². The van der Waals surface area contributed by atoms with Crippen molar-refractivity contribution in [2.45, 2.75) is 33.2 Å². The quantitative estimate of drug-likeness (QED) is 0.473. The number of aldehydes is 1. The number of urea groups is 1. The lowest BCUT2D eigenvalue weighted by Gasteiger charge is -2.13. The lowest BCUT2D eigenvalue weighted by atomic mass is 10.1. The molecule has 7 nitrogen and oxygen atoms in total. The van der Waals surface area contributed by atoms with Crippen LogP contribution in [0.3, 0.4) is 0 Å². The van der Waals surface area contributed by atoms with Gasteiger partial charge in [0, 0.05) is 6.54 Å². The van der Waals surface area contributed by atoms with Gasteiger partial charge in [0.1, 0.15) is 6.29 Å². The van der Waals surface area contributed by atoms with Gasteiger partial charge in [0.05, 0.1) is 12.6 Å². The maximum absolute atomic E-state index is 10.9.